The van der Waals surface area contributed by atoms with E-state index in [0.29, 0.717) is 17.0 Å². The van der Waals surface area contributed by atoms with Crippen LogP contribution in [0.15, 0.2) is 42.9 Å². The average Bonchev–Trinajstić information content (AvgIpc) is 3.24. The molecule has 5 atom stereocenters. The van der Waals surface area contributed by atoms with Gasteiger partial charge in [0.15, 0.2) is 6.23 Å². The van der Waals surface area contributed by atoms with Crippen molar-refractivity contribution >= 4 is 16.9 Å². The first kappa shape index (κ1) is 18.8. The van der Waals surface area contributed by atoms with Gasteiger partial charge >= 0.3 is 0 Å². The molecule has 0 spiro atoms. The van der Waals surface area contributed by atoms with Gasteiger partial charge in [0.2, 0.25) is 0 Å². The first-order valence-corrected chi connectivity index (χ1v) is 9.13. The Hall–Kier alpha value is -2.52. The molecule has 0 aliphatic carbocycles. The van der Waals surface area contributed by atoms with Crippen LogP contribution in [0.3, 0.4) is 0 Å². The maximum Gasteiger partial charge on any atom is 0.164 e. The van der Waals surface area contributed by atoms with E-state index in [1.807, 2.05) is 38.1 Å². The summed E-state index contributed by atoms with van der Waals surface area (Å²) in [7, 11) is 3.71. The molecule has 1 aliphatic rings. The zero-order valence-electron chi connectivity index (χ0n) is 16.0. The second-order valence-corrected chi connectivity index (χ2v) is 7.35. The van der Waals surface area contributed by atoms with Crippen molar-refractivity contribution < 1.29 is 20.1 Å². The van der Waals surface area contributed by atoms with Gasteiger partial charge in [0.1, 0.15) is 35.9 Å². The van der Waals surface area contributed by atoms with Crippen molar-refractivity contribution in [1.82, 2.24) is 14.5 Å². The zero-order chi connectivity index (χ0) is 20.0. The van der Waals surface area contributed by atoms with Gasteiger partial charge in [-0.05, 0) is 42.3 Å². The molecule has 0 bridgehead atoms. The van der Waals surface area contributed by atoms with Crippen LogP contribution in [0.4, 0.5) is 5.82 Å². The van der Waals surface area contributed by atoms with Gasteiger partial charge in [-0.1, -0.05) is 0 Å². The Morgan fingerprint density at radius 1 is 1.11 bits per heavy atom. The predicted molar refractivity (Wildman–Crippen MR) is 104 cm³/mol. The van der Waals surface area contributed by atoms with Crippen LogP contribution in [0.2, 0.25) is 0 Å². The molecule has 3 aromatic heterocycles. The van der Waals surface area contributed by atoms with Crippen LogP contribution < -0.4 is 4.90 Å². The Balaban J connectivity index is 1.64. The van der Waals surface area contributed by atoms with Crippen LogP contribution >= 0.6 is 0 Å². The zero-order valence-corrected chi connectivity index (χ0v) is 16.0. The molecule has 0 saturated carbocycles. The van der Waals surface area contributed by atoms with Crippen molar-refractivity contribution in [2.24, 2.45) is 0 Å². The molecule has 8 nitrogen and oxygen atoms in total. The summed E-state index contributed by atoms with van der Waals surface area (Å²) in [5.74, 6) is 0.678. The highest BCUT2D eigenvalue weighted by atomic mass is 16.6. The van der Waals surface area contributed by atoms with Gasteiger partial charge in [0.25, 0.3) is 0 Å². The van der Waals surface area contributed by atoms with Crippen LogP contribution in [0.25, 0.3) is 11.0 Å². The van der Waals surface area contributed by atoms with E-state index in [0.717, 1.165) is 10.9 Å². The molecule has 1 saturated heterocycles. The van der Waals surface area contributed by atoms with Gasteiger partial charge in [-0.2, -0.15) is 0 Å². The number of fused-ring (bicyclic) bond motifs is 1. The number of pyridine rings is 2. The molecule has 0 aromatic carbocycles. The fourth-order valence-corrected chi connectivity index (χ4v) is 3.63. The summed E-state index contributed by atoms with van der Waals surface area (Å²) >= 11 is 0. The quantitative estimate of drug-likeness (QED) is 0.620. The van der Waals surface area contributed by atoms with Crippen molar-refractivity contribution in [3.8, 4) is 0 Å². The lowest BCUT2D eigenvalue weighted by atomic mass is 10.00. The number of aromatic nitrogens is 3. The van der Waals surface area contributed by atoms with E-state index in [4.69, 9.17) is 4.74 Å². The SMILES string of the molecule is Cc1ccnc2c1ccn2[C@@H]1O[C@H]([C@H](O)c2ccnc(N(C)C)c2)[C@@H](O)[C@H]1O. The normalized spacial score (nSPS) is 25.9. The molecule has 1 fully saturated rings. The Bertz CT molecular complexity index is 989. The molecule has 0 amide bonds. The van der Waals surface area contributed by atoms with Crippen LogP contribution in [0, 0.1) is 6.92 Å². The van der Waals surface area contributed by atoms with E-state index in [9.17, 15) is 15.3 Å². The Kier molecular flexibility index (Phi) is 4.80. The monoisotopic (exact) mass is 384 g/mol. The van der Waals surface area contributed by atoms with Gasteiger partial charge < -0.3 is 29.5 Å². The van der Waals surface area contributed by atoms with Gasteiger partial charge in [-0.25, -0.2) is 9.97 Å². The summed E-state index contributed by atoms with van der Waals surface area (Å²) in [5.41, 5.74) is 2.27. The van der Waals surface area contributed by atoms with Gasteiger partial charge in [-0.15, -0.1) is 0 Å². The Morgan fingerprint density at radius 2 is 1.86 bits per heavy atom. The minimum absolute atomic E-state index is 0.557. The third-order valence-corrected chi connectivity index (χ3v) is 5.26. The number of hydrogen-bond donors (Lipinski definition) is 3. The number of ether oxygens (including phenoxy) is 1. The molecular formula is C20H24N4O4. The van der Waals surface area contributed by atoms with Crippen molar-refractivity contribution in [2.75, 3.05) is 19.0 Å². The second-order valence-electron chi connectivity index (χ2n) is 7.35. The smallest absolute Gasteiger partial charge is 0.164 e. The molecule has 3 N–H and O–H groups in total. The molecule has 4 heterocycles. The highest BCUT2D eigenvalue weighted by molar-refractivity contribution is 5.79. The lowest BCUT2D eigenvalue weighted by molar-refractivity contribution is -0.0848. The predicted octanol–water partition coefficient (Wildman–Crippen LogP) is 1.16. The standard InChI is InChI=1S/C20H24N4O4/c1-11-4-7-22-19-13(11)6-9-24(19)20-17(27)16(26)18(28-20)15(25)12-5-8-21-14(10-12)23(2)3/h4-10,15-18,20,25-27H,1-3H3/t15-,16+,17-,18-,20-/m1/s1. The second kappa shape index (κ2) is 7.14. The van der Waals surface area contributed by atoms with Crippen LogP contribution in [0.5, 0.6) is 0 Å². The highest BCUT2D eigenvalue weighted by Gasteiger charge is 2.47. The van der Waals surface area contributed by atoms with Crippen molar-refractivity contribution in [2.45, 2.75) is 37.6 Å². The van der Waals surface area contributed by atoms with Gasteiger partial charge in [0.05, 0.1) is 0 Å². The first-order valence-electron chi connectivity index (χ1n) is 9.13. The van der Waals surface area contributed by atoms with E-state index in [-0.39, 0.29) is 0 Å². The number of nitrogens with zero attached hydrogens (tertiary/aromatic N) is 4. The number of aliphatic hydroxyl groups is 3. The average molecular weight is 384 g/mol. The number of aryl methyl sites for hydroxylation is 1. The summed E-state index contributed by atoms with van der Waals surface area (Å²) in [5, 5.41) is 32.9. The summed E-state index contributed by atoms with van der Waals surface area (Å²) in [6.07, 6.45) is -0.348. The Labute approximate surface area is 162 Å². The van der Waals surface area contributed by atoms with E-state index in [2.05, 4.69) is 9.97 Å². The molecule has 4 rings (SSSR count). The van der Waals surface area contributed by atoms with Crippen LogP contribution in [-0.2, 0) is 4.74 Å². The molecular weight excluding hydrogens is 360 g/mol. The minimum Gasteiger partial charge on any atom is -0.387 e. The van der Waals surface area contributed by atoms with Crippen molar-refractivity contribution in [3.63, 3.8) is 0 Å². The Morgan fingerprint density at radius 3 is 2.61 bits per heavy atom. The summed E-state index contributed by atoms with van der Waals surface area (Å²) < 4.78 is 7.63. The van der Waals surface area contributed by atoms with E-state index in [1.165, 1.54) is 0 Å². The van der Waals surface area contributed by atoms with Crippen LogP contribution in [0.1, 0.15) is 23.5 Å². The molecule has 3 aromatic rings. The summed E-state index contributed by atoms with van der Waals surface area (Å²) in [4.78, 5) is 10.4. The lowest BCUT2D eigenvalue weighted by Gasteiger charge is -2.22. The van der Waals surface area contributed by atoms with E-state index in [1.54, 1.807) is 35.3 Å². The number of aliphatic hydroxyl groups excluding tert-OH is 3. The summed E-state index contributed by atoms with van der Waals surface area (Å²) in [6, 6.07) is 7.21. The van der Waals surface area contributed by atoms with Gasteiger partial charge in [0, 0.05) is 38.1 Å². The highest BCUT2D eigenvalue weighted by Crippen LogP contribution is 2.37. The minimum atomic E-state index is -1.25. The molecule has 0 radical (unpaired) electrons. The van der Waals surface area contributed by atoms with E-state index >= 15 is 0 Å². The molecule has 8 heteroatoms. The lowest BCUT2D eigenvalue weighted by Crippen LogP contribution is -2.34. The molecule has 0 unspecified atom stereocenters. The fraction of sp³-hybridized carbons (Fsp3) is 0.400. The molecule has 148 valence electrons. The topological polar surface area (TPSA) is 104 Å². The third kappa shape index (κ3) is 3.04. The molecule has 1 aliphatic heterocycles. The number of rotatable bonds is 4. The maximum absolute atomic E-state index is 10.8. The van der Waals surface area contributed by atoms with Crippen molar-refractivity contribution in [1.29, 1.82) is 0 Å². The number of hydrogen-bond acceptors (Lipinski definition) is 7. The number of anilines is 1. The summed E-state index contributed by atoms with van der Waals surface area (Å²) in [6.45, 7) is 1.98. The van der Waals surface area contributed by atoms with Gasteiger partial charge in [-0.3, -0.25) is 0 Å². The van der Waals surface area contributed by atoms with Crippen LogP contribution in [-0.4, -0.2) is 62.3 Å². The largest absolute Gasteiger partial charge is 0.387 e. The molecule has 28 heavy (non-hydrogen) atoms. The van der Waals surface area contributed by atoms with Crippen molar-refractivity contribution in [3.05, 3.63) is 54.0 Å². The fourth-order valence-electron chi connectivity index (χ4n) is 3.63. The van der Waals surface area contributed by atoms with E-state index < -0.39 is 30.6 Å². The third-order valence-electron chi connectivity index (χ3n) is 5.26. The first-order chi connectivity index (χ1) is 13.4. The maximum atomic E-state index is 10.8.